The standard InChI is InChI=1S/C20H20F3N5O.C6H9N3S/c1-12-4-5-16(9-18(12)27(3)24)26-19(29)14-6-15(20(21,22)23)8-17(7-14)28-10-13(2)25-11-28;1-4(7)5-3-9-6(8-2)10-5/h4-11H,24H2,1-3H3,(H,26,29);3H,1,7H2,2H3,(H,8,9). The van der Waals surface area contributed by atoms with Crippen molar-refractivity contribution >= 4 is 39.4 Å². The highest BCUT2D eigenvalue weighted by atomic mass is 32.1. The maximum atomic E-state index is 13.4. The number of imidazole rings is 1. The molecule has 0 bridgehead atoms. The molecular weight excluding hydrogens is 529 g/mol. The number of aromatic nitrogens is 3. The number of anilines is 3. The zero-order valence-electron chi connectivity index (χ0n) is 21.8. The van der Waals surface area contributed by atoms with Crippen LogP contribution in [0.5, 0.6) is 0 Å². The van der Waals surface area contributed by atoms with E-state index in [-0.39, 0.29) is 11.3 Å². The van der Waals surface area contributed by atoms with Crippen LogP contribution in [0, 0.1) is 13.8 Å². The predicted molar refractivity (Wildman–Crippen MR) is 150 cm³/mol. The van der Waals surface area contributed by atoms with E-state index in [0.29, 0.717) is 22.8 Å². The van der Waals surface area contributed by atoms with Crippen molar-refractivity contribution in [2.45, 2.75) is 20.0 Å². The molecule has 0 aliphatic heterocycles. The molecular formula is C26H29F3N8OS. The van der Waals surface area contributed by atoms with E-state index in [0.717, 1.165) is 27.7 Å². The highest BCUT2D eigenvalue weighted by Crippen LogP contribution is 2.32. The summed E-state index contributed by atoms with van der Waals surface area (Å²) in [5, 5.41) is 7.80. The highest BCUT2D eigenvalue weighted by molar-refractivity contribution is 7.16. The van der Waals surface area contributed by atoms with E-state index in [4.69, 9.17) is 11.6 Å². The summed E-state index contributed by atoms with van der Waals surface area (Å²) < 4.78 is 41.5. The number of hydrogen-bond acceptors (Lipinski definition) is 8. The van der Waals surface area contributed by atoms with Gasteiger partial charge in [0.15, 0.2) is 5.13 Å². The third-order valence-corrected chi connectivity index (χ3v) is 6.49. The molecule has 0 radical (unpaired) electrons. The monoisotopic (exact) mass is 558 g/mol. The first-order valence-corrected chi connectivity index (χ1v) is 12.3. The van der Waals surface area contributed by atoms with Crippen LogP contribution in [-0.4, -0.2) is 34.5 Å². The summed E-state index contributed by atoms with van der Waals surface area (Å²) in [5.41, 5.74) is 7.79. The Morgan fingerprint density at radius 2 is 1.87 bits per heavy atom. The van der Waals surface area contributed by atoms with Crippen molar-refractivity contribution in [1.29, 1.82) is 0 Å². The molecule has 0 unspecified atom stereocenters. The lowest BCUT2D eigenvalue weighted by Crippen LogP contribution is -2.26. The quantitative estimate of drug-likeness (QED) is 0.190. The largest absolute Gasteiger partial charge is 0.416 e. The van der Waals surface area contributed by atoms with Crippen LogP contribution in [0.1, 0.15) is 32.1 Å². The Kier molecular flexibility index (Phi) is 8.99. The fraction of sp³-hybridized carbons (Fsp3) is 0.192. The molecule has 13 heteroatoms. The molecule has 4 rings (SSSR count). The molecule has 39 heavy (non-hydrogen) atoms. The van der Waals surface area contributed by atoms with Crippen LogP contribution in [0.4, 0.5) is 29.7 Å². The lowest BCUT2D eigenvalue weighted by molar-refractivity contribution is -0.137. The van der Waals surface area contributed by atoms with E-state index in [1.165, 1.54) is 33.3 Å². The Morgan fingerprint density at radius 1 is 1.15 bits per heavy atom. The van der Waals surface area contributed by atoms with Crippen molar-refractivity contribution in [3.8, 4) is 5.69 Å². The number of carbonyl (C=O) groups is 1. The van der Waals surface area contributed by atoms with Gasteiger partial charge in [0.05, 0.1) is 28.1 Å². The van der Waals surface area contributed by atoms with Crippen molar-refractivity contribution in [3.63, 3.8) is 0 Å². The molecule has 2 aromatic heterocycles. The first-order valence-electron chi connectivity index (χ1n) is 11.5. The molecule has 6 N–H and O–H groups in total. The van der Waals surface area contributed by atoms with E-state index in [2.05, 4.69) is 27.2 Å². The number of nitrogens with zero attached hydrogens (tertiary/aromatic N) is 4. The number of alkyl halides is 3. The van der Waals surface area contributed by atoms with E-state index in [1.807, 2.05) is 14.0 Å². The van der Waals surface area contributed by atoms with Gasteiger partial charge in [0.1, 0.15) is 0 Å². The second-order valence-corrected chi connectivity index (χ2v) is 9.59. The van der Waals surface area contributed by atoms with Crippen LogP contribution in [0.2, 0.25) is 0 Å². The third-order valence-electron chi connectivity index (χ3n) is 5.40. The summed E-state index contributed by atoms with van der Waals surface area (Å²) in [7, 11) is 3.47. The third kappa shape index (κ3) is 7.58. The SMILES string of the molecule is C=C(N)c1cnc(NC)s1.Cc1cn(-c2cc(C(=O)Nc3ccc(C)c(N(C)N)c3)cc(C(F)(F)F)c2)cn1. The van der Waals surface area contributed by atoms with Gasteiger partial charge in [0, 0.05) is 49.1 Å². The normalized spacial score (nSPS) is 10.9. The lowest BCUT2D eigenvalue weighted by atomic mass is 10.1. The number of aryl methyl sites for hydroxylation is 2. The predicted octanol–water partition coefficient (Wildman–Crippen LogP) is 5.18. The van der Waals surface area contributed by atoms with Gasteiger partial charge >= 0.3 is 6.18 Å². The van der Waals surface area contributed by atoms with Crippen LogP contribution < -0.4 is 27.2 Å². The molecule has 0 fully saturated rings. The Morgan fingerprint density at radius 3 is 2.38 bits per heavy atom. The second kappa shape index (κ2) is 12.0. The summed E-state index contributed by atoms with van der Waals surface area (Å²) in [6.45, 7) is 7.17. The number of nitrogens with two attached hydrogens (primary N) is 2. The Balaban J connectivity index is 0.000000353. The van der Waals surface area contributed by atoms with Crippen LogP contribution in [0.3, 0.4) is 0 Å². The molecule has 2 heterocycles. The molecule has 206 valence electrons. The minimum Gasteiger partial charge on any atom is -0.398 e. The molecule has 0 saturated heterocycles. The number of carbonyl (C=O) groups excluding carboxylic acids is 1. The summed E-state index contributed by atoms with van der Waals surface area (Å²) >= 11 is 1.49. The summed E-state index contributed by atoms with van der Waals surface area (Å²) in [4.78, 5) is 21.7. The molecule has 0 spiro atoms. The zero-order chi connectivity index (χ0) is 28.9. The van der Waals surface area contributed by atoms with Crippen LogP contribution >= 0.6 is 11.3 Å². The van der Waals surface area contributed by atoms with Crippen molar-refractivity contribution in [1.82, 2.24) is 14.5 Å². The highest BCUT2D eigenvalue weighted by Gasteiger charge is 2.32. The average molecular weight is 559 g/mol. The Bertz CT molecular complexity index is 1480. The van der Waals surface area contributed by atoms with Gasteiger partial charge in [0.2, 0.25) is 0 Å². The first-order chi connectivity index (χ1) is 18.3. The molecule has 0 aliphatic rings. The van der Waals surface area contributed by atoms with Crippen molar-refractivity contribution in [2.75, 3.05) is 29.7 Å². The average Bonchev–Trinajstić information content (AvgIpc) is 3.54. The minimum atomic E-state index is -4.60. The van der Waals surface area contributed by atoms with E-state index >= 15 is 0 Å². The van der Waals surface area contributed by atoms with Gasteiger partial charge in [-0.25, -0.2) is 15.8 Å². The van der Waals surface area contributed by atoms with Crippen molar-refractivity contribution in [2.24, 2.45) is 11.6 Å². The van der Waals surface area contributed by atoms with Gasteiger partial charge in [-0.05, 0) is 49.7 Å². The van der Waals surface area contributed by atoms with Crippen molar-refractivity contribution in [3.05, 3.63) is 89.0 Å². The molecule has 0 atom stereocenters. The lowest BCUT2D eigenvalue weighted by Gasteiger charge is -2.17. The van der Waals surface area contributed by atoms with E-state index in [9.17, 15) is 18.0 Å². The Labute approximate surface area is 228 Å². The van der Waals surface area contributed by atoms with Gasteiger partial charge in [-0.2, -0.15) is 13.2 Å². The minimum absolute atomic E-state index is 0.121. The van der Waals surface area contributed by atoms with Crippen molar-refractivity contribution < 1.29 is 18.0 Å². The molecule has 9 nitrogen and oxygen atoms in total. The van der Waals surface area contributed by atoms with Crippen LogP contribution in [-0.2, 0) is 6.18 Å². The number of hydrazine groups is 1. The zero-order valence-corrected chi connectivity index (χ0v) is 22.6. The molecule has 0 saturated carbocycles. The van der Waals surface area contributed by atoms with E-state index < -0.39 is 17.6 Å². The fourth-order valence-corrected chi connectivity index (χ4v) is 4.08. The Hall–Kier alpha value is -4.36. The van der Waals surface area contributed by atoms with Gasteiger partial charge < -0.3 is 25.9 Å². The number of thiazole rings is 1. The van der Waals surface area contributed by atoms with E-state index in [1.54, 1.807) is 44.6 Å². The number of halogens is 3. The smallest absolute Gasteiger partial charge is 0.398 e. The number of benzene rings is 2. The molecule has 1 amide bonds. The molecule has 0 aliphatic carbocycles. The topological polar surface area (TPSA) is 127 Å². The van der Waals surface area contributed by atoms with Gasteiger partial charge in [-0.15, -0.1) is 0 Å². The van der Waals surface area contributed by atoms with Gasteiger partial charge in [-0.1, -0.05) is 24.0 Å². The molecule has 4 aromatic rings. The number of nitrogens with one attached hydrogen (secondary N) is 2. The van der Waals surface area contributed by atoms with Crippen LogP contribution in [0.25, 0.3) is 11.4 Å². The van der Waals surface area contributed by atoms with Crippen LogP contribution in [0.15, 0.2) is 61.7 Å². The summed E-state index contributed by atoms with van der Waals surface area (Å²) in [6.07, 6.45) is 0.0924. The maximum absolute atomic E-state index is 13.4. The fourth-order valence-electron chi connectivity index (χ4n) is 3.43. The number of rotatable bonds is 6. The summed E-state index contributed by atoms with van der Waals surface area (Å²) in [6, 6.07) is 8.27. The summed E-state index contributed by atoms with van der Waals surface area (Å²) in [5.74, 6) is 5.10. The number of hydrogen-bond donors (Lipinski definition) is 4. The first kappa shape index (κ1) is 29.2. The number of amides is 1. The van der Waals surface area contributed by atoms with Gasteiger partial charge in [-0.3, -0.25) is 4.79 Å². The maximum Gasteiger partial charge on any atom is 0.416 e. The molecule has 2 aromatic carbocycles. The second-order valence-electron chi connectivity index (χ2n) is 8.56. The van der Waals surface area contributed by atoms with Gasteiger partial charge in [0.25, 0.3) is 5.91 Å².